The lowest BCUT2D eigenvalue weighted by Gasteiger charge is -2.14. The Bertz CT molecular complexity index is 532. The molecule has 0 spiro atoms. The van der Waals surface area contributed by atoms with Gasteiger partial charge >= 0.3 is 0 Å². The minimum absolute atomic E-state index is 0.165. The Kier molecular flexibility index (Phi) is 10.1. The van der Waals surface area contributed by atoms with Crippen molar-refractivity contribution in [3.8, 4) is 0 Å². The number of ether oxygens (including phenoxy) is 1. The summed E-state index contributed by atoms with van der Waals surface area (Å²) >= 11 is 0. The molecule has 0 atom stereocenters. The van der Waals surface area contributed by atoms with E-state index < -0.39 is 0 Å². The largest absolute Gasteiger partial charge is 0.381 e. The van der Waals surface area contributed by atoms with Gasteiger partial charge in [-0.05, 0) is 44.1 Å². The summed E-state index contributed by atoms with van der Waals surface area (Å²) in [5.41, 5.74) is 1.73. The number of aliphatic imine (C=N–C) groups is 1. The summed E-state index contributed by atoms with van der Waals surface area (Å²) in [7, 11) is 5.61. The standard InChI is InChI=1S/C19H33FN4O/c1-15(2)14-25-10-6-9-22-19(21-3)23-12-16-7-8-18(20)17(11-16)13-24(4)5/h7-8,11,15H,6,9-10,12-14H2,1-5H3,(H2,21,22,23). The molecule has 0 heterocycles. The molecule has 0 bridgehead atoms. The minimum Gasteiger partial charge on any atom is -0.381 e. The first-order valence-corrected chi connectivity index (χ1v) is 8.86. The van der Waals surface area contributed by atoms with Crippen LogP contribution in [0.3, 0.4) is 0 Å². The van der Waals surface area contributed by atoms with Crippen molar-refractivity contribution in [1.29, 1.82) is 0 Å². The molecule has 0 amide bonds. The highest BCUT2D eigenvalue weighted by atomic mass is 19.1. The molecule has 0 aliphatic carbocycles. The molecule has 0 saturated heterocycles. The van der Waals surface area contributed by atoms with Crippen molar-refractivity contribution in [3.63, 3.8) is 0 Å². The zero-order chi connectivity index (χ0) is 18.7. The van der Waals surface area contributed by atoms with Gasteiger partial charge in [-0.15, -0.1) is 0 Å². The number of nitrogens with one attached hydrogen (secondary N) is 2. The molecule has 5 nitrogen and oxygen atoms in total. The third-order valence-corrected chi connectivity index (χ3v) is 3.49. The summed E-state index contributed by atoms with van der Waals surface area (Å²) in [5.74, 6) is 1.14. The first kappa shape index (κ1) is 21.4. The summed E-state index contributed by atoms with van der Waals surface area (Å²) in [4.78, 5) is 6.16. The molecular weight excluding hydrogens is 319 g/mol. The zero-order valence-electron chi connectivity index (χ0n) is 16.2. The van der Waals surface area contributed by atoms with Crippen molar-refractivity contribution in [2.45, 2.75) is 33.4 Å². The Morgan fingerprint density at radius 2 is 2.04 bits per heavy atom. The minimum atomic E-state index is -0.165. The van der Waals surface area contributed by atoms with Gasteiger partial charge in [0.2, 0.25) is 0 Å². The number of hydrogen-bond donors (Lipinski definition) is 2. The molecular formula is C19H33FN4O. The van der Waals surface area contributed by atoms with E-state index in [0.717, 1.165) is 37.7 Å². The van der Waals surface area contributed by atoms with Crippen LogP contribution >= 0.6 is 0 Å². The summed E-state index contributed by atoms with van der Waals surface area (Å²) < 4.78 is 19.4. The maximum Gasteiger partial charge on any atom is 0.191 e. The van der Waals surface area contributed by atoms with Crippen molar-refractivity contribution in [2.75, 3.05) is 40.9 Å². The third kappa shape index (κ3) is 9.41. The van der Waals surface area contributed by atoms with E-state index in [1.807, 2.05) is 25.1 Å². The summed E-state index contributed by atoms with van der Waals surface area (Å²) in [5, 5.41) is 6.52. The topological polar surface area (TPSA) is 48.9 Å². The molecule has 0 unspecified atom stereocenters. The Labute approximate surface area is 151 Å². The fraction of sp³-hybridized carbons (Fsp3) is 0.632. The van der Waals surface area contributed by atoms with Gasteiger partial charge in [-0.25, -0.2) is 4.39 Å². The highest BCUT2D eigenvalue weighted by Crippen LogP contribution is 2.12. The summed E-state index contributed by atoms with van der Waals surface area (Å²) in [6.45, 7) is 7.81. The smallest absolute Gasteiger partial charge is 0.191 e. The predicted molar refractivity (Wildman–Crippen MR) is 102 cm³/mol. The normalized spacial score (nSPS) is 12.1. The van der Waals surface area contributed by atoms with E-state index in [-0.39, 0.29) is 5.82 Å². The second-order valence-electron chi connectivity index (χ2n) is 6.84. The SMILES string of the molecule is CN=C(NCCCOCC(C)C)NCc1ccc(F)c(CN(C)C)c1. The Balaban J connectivity index is 2.37. The summed E-state index contributed by atoms with van der Waals surface area (Å²) in [6.07, 6.45) is 0.928. The van der Waals surface area contributed by atoms with Crippen molar-refractivity contribution in [2.24, 2.45) is 10.9 Å². The Hall–Kier alpha value is -1.66. The molecule has 1 rings (SSSR count). The number of halogens is 1. The molecule has 1 aromatic rings. The highest BCUT2D eigenvalue weighted by molar-refractivity contribution is 5.79. The van der Waals surface area contributed by atoms with Gasteiger partial charge < -0.3 is 20.3 Å². The molecule has 2 N–H and O–H groups in total. The lowest BCUT2D eigenvalue weighted by Crippen LogP contribution is -2.37. The van der Waals surface area contributed by atoms with Crippen LogP contribution in [0.15, 0.2) is 23.2 Å². The highest BCUT2D eigenvalue weighted by Gasteiger charge is 2.06. The van der Waals surface area contributed by atoms with E-state index in [1.165, 1.54) is 6.07 Å². The molecule has 0 radical (unpaired) electrons. The van der Waals surface area contributed by atoms with Crippen LogP contribution in [0.5, 0.6) is 0 Å². The molecule has 142 valence electrons. The molecule has 0 fully saturated rings. The van der Waals surface area contributed by atoms with Gasteiger partial charge in [-0.2, -0.15) is 0 Å². The van der Waals surface area contributed by atoms with Crippen LogP contribution < -0.4 is 10.6 Å². The number of benzene rings is 1. The van der Waals surface area contributed by atoms with Crippen molar-refractivity contribution >= 4 is 5.96 Å². The Morgan fingerprint density at radius 3 is 2.68 bits per heavy atom. The quantitative estimate of drug-likeness (QED) is 0.386. The van der Waals surface area contributed by atoms with Crippen LogP contribution in [0.1, 0.15) is 31.4 Å². The lowest BCUT2D eigenvalue weighted by atomic mass is 10.1. The molecule has 1 aromatic carbocycles. The fourth-order valence-corrected chi connectivity index (χ4v) is 2.31. The first-order valence-electron chi connectivity index (χ1n) is 8.86. The Morgan fingerprint density at radius 1 is 1.28 bits per heavy atom. The van der Waals surface area contributed by atoms with Crippen LogP contribution in [0.2, 0.25) is 0 Å². The molecule has 0 aliphatic heterocycles. The monoisotopic (exact) mass is 352 g/mol. The second kappa shape index (κ2) is 11.8. The summed E-state index contributed by atoms with van der Waals surface area (Å²) in [6, 6.07) is 5.22. The number of guanidine groups is 1. The lowest BCUT2D eigenvalue weighted by molar-refractivity contribution is 0.108. The van der Waals surface area contributed by atoms with Gasteiger partial charge in [-0.3, -0.25) is 4.99 Å². The molecule has 6 heteroatoms. The van der Waals surface area contributed by atoms with Gasteiger partial charge in [0.25, 0.3) is 0 Å². The van der Waals surface area contributed by atoms with E-state index in [9.17, 15) is 4.39 Å². The maximum atomic E-state index is 13.8. The van der Waals surface area contributed by atoms with Crippen LogP contribution in [-0.4, -0.2) is 51.8 Å². The van der Waals surface area contributed by atoms with E-state index in [0.29, 0.717) is 24.6 Å². The first-order chi connectivity index (χ1) is 11.9. The van der Waals surface area contributed by atoms with Gasteiger partial charge in [0, 0.05) is 45.5 Å². The van der Waals surface area contributed by atoms with Crippen LogP contribution in [0.4, 0.5) is 4.39 Å². The number of nitrogens with zero attached hydrogens (tertiary/aromatic N) is 2. The van der Waals surface area contributed by atoms with Crippen LogP contribution in [0, 0.1) is 11.7 Å². The van der Waals surface area contributed by atoms with Gasteiger partial charge in [0.05, 0.1) is 0 Å². The molecule has 0 aromatic heterocycles. The van der Waals surface area contributed by atoms with E-state index in [2.05, 4.69) is 29.5 Å². The maximum absolute atomic E-state index is 13.8. The molecule has 25 heavy (non-hydrogen) atoms. The predicted octanol–water partition coefficient (Wildman–Crippen LogP) is 2.62. The molecule has 0 aliphatic rings. The number of rotatable bonds is 10. The average molecular weight is 352 g/mol. The van der Waals surface area contributed by atoms with E-state index in [4.69, 9.17) is 4.74 Å². The second-order valence-corrected chi connectivity index (χ2v) is 6.84. The third-order valence-electron chi connectivity index (χ3n) is 3.49. The number of hydrogen-bond acceptors (Lipinski definition) is 3. The van der Waals surface area contributed by atoms with E-state index >= 15 is 0 Å². The van der Waals surface area contributed by atoms with Crippen molar-refractivity contribution in [1.82, 2.24) is 15.5 Å². The molecule has 0 saturated carbocycles. The van der Waals surface area contributed by atoms with Gasteiger partial charge in [0.15, 0.2) is 5.96 Å². The van der Waals surface area contributed by atoms with E-state index in [1.54, 1.807) is 13.1 Å². The van der Waals surface area contributed by atoms with Crippen molar-refractivity contribution < 1.29 is 9.13 Å². The van der Waals surface area contributed by atoms with Gasteiger partial charge in [0.1, 0.15) is 5.82 Å². The van der Waals surface area contributed by atoms with Crippen LogP contribution in [-0.2, 0) is 17.8 Å². The van der Waals surface area contributed by atoms with Crippen LogP contribution in [0.25, 0.3) is 0 Å². The zero-order valence-corrected chi connectivity index (χ0v) is 16.2. The van der Waals surface area contributed by atoms with Gasteiger partial charge in [-0.1, -0.05) is 19.9 Å². The average Bonchev–Trinajstić information content (AvgIpc) is 2.55. The van der Waals surface area contributed by atoms with Crippen molar-refractivity contribution in [3.05, 3.63) is 35.1 Å². The fourth-order valence-electron chi connectivity index (χ4n) is 2.31.